The van der Waals surface area contributed by atoms with Crippen LogP contribution in [0.3, 0.4) is 0 Å². The number of nitrogens with zero attached hydrogens (tertiary/aromatic N) is 2. The minimum absolute atomic E-state index is 0.270. The highest BCUT2D eigenvalue weighted by molar-refractivity contribution is 6.30. The molecule has 0 aliphatic rings. The summed E-state index contributed by atoms with van der Waals surface area (Å²) in [5.74, 6) is 0.270. The van der Waals surface area contributed by atoms with Gasteiger partial charge in [0.05, 0.1) is 23.5 Å². The minimum atomic E-state index is 0.270. The van der Waals surface area contributed by atoms with E-state index in [9.17, 15) is 0 Å². The van der Waals surface area contributed by atoms with E-state index in [1.54, 1.807) is 6.20 Å². The molecule has 0 fully saturated rings. The fraction of sp³-hybridized carbons (Fsp3) is 0.0909. The first-order valence-electron chi connectivity index (χ1n) is 4.44. The van der Waals surface area contributed by atoms with Gasteiger partial charge >= 0.3 is 0 Å². The Bertz CT molecular complexity index is 457. The summed E-state index contributed by atoms with van der Waals surface area (Å²) in [7, 11) is 0. The Labute approximate surface area is 97.9 Å². The fourth-order valence-electron chi connectivity index (χ4n) is 1.25. The number of halogens is 2. The molecule has 1 aromatic heterocycles. The number of alkyl halides is 1. The van der Waals surface area contributed by atoms with Gasteiger partial charge in [0.15, 0.2) is 5.15 Å². The Morgan fingerprint density at radius 3 is 2.53 bits per heavy atom. The van der Waals surface area contributed by atoms with Gasteiger partial charge in [-0.1, -0.05) is 41.9 Å². The van der Waals surface area contributed by atoms with Crippen LogP contribution in [0.1, 0.15) is 5.69 Å². The first-order chi connectivity index (χ1) is 7.31. The van der Waals surface area contributed by atoms with Crippen LogP contribution in [0.4, 0.5) is 0 Å². The van der Waals surface area contributed by atoms with Crippen molar-refractivity contribution in [1.82, 2.24) is 9.97 Å². The summed E-state index contributed by atoms with van der Waals surface area (Å²) in [5, 5.41) is 0.365. The van der Waals surface area contributed by atoms with Crippen LogP contribution in [0, 0.1) is 0 Å². The second kappa shape index (κ2) is 4.60. The van der Waals surface area contributed by atoms with Gasteiger partial charge in [-0.3, -0.25) is 0 Å². The monoisotopic (exact) mass is 238 g/mol. The SMILES string of the molecule is ClCc1nc(-c2ccccc2)cnc1Cl. The third kappa shape index (κ3) is 2.28. The zero-order valence-corrected chi connectivity index (χ0v) is 9.33. The molecule has 2 nitrogen and oxygen atoms in total. The van der Waals surface area contributed by atoms with Gasteiger partial charge in [0.2, 0.25) is 0 Å². The molecule has 0 atom stereocenters. The summed E-state index contributed by atoms with van der Waals surface area (Å²) in [6.07, 6.45) is 1.65. The van der Waals surface area contributed by atoms with Crippen LogP contribution in [-0.4, -0.2) is 9.97 Å². The molecule has 0 saturated carbocycles. The molecule has 0 amide bonds. The molecule has 0 N–H and O–H groups in total. The maximum Gasteiger partial charge on any atom is 0.151 e. The smallest absolute Gasteiger partial charge is 0.151 e. The molecule has 0 aliphatic heterocycles. The molecule has 1 aromatic carbocycles. The summed E-state index contributed by atoms with van der Waals surface area (Å²) < 4.78 is 0. The van der Waals surface area contributed by atoms with Crippen LogP contribution in [-0.2, 0) is 5.88 Å². The van der Waals surface area contributed by atoms with E-state index in [0.29, 0.717) is 10.8 Å². The second-order valence-electron chi connectivity index (χ2n) is 2.99. The van der Waals surface area contributed by atoms with Crippen molar-refractivity contribution < 1.29 is 0 Å². The van der Waals surface area contributed by atoms with E-state index in [2.05, 4.69) is 9.97 Å². The third-order valence-corrected chi connectivity index (χ3v) is 2.56. The molecule has 4 heteroatoms. The number of hydrogen-bond acceptors (Lipinski definition) is 2. The average molecular weight is 239 g/mol. The molecule has 0 saturated heterocycles. The van der Waals surface area contributed by atoms with E-state index in [1.807, 2.05) is 30.3 Å². The highest BCUT2D eigenvalue weighted by atomic mass is 35.5. The molecule has 0 spiro atoms. The van der Waals surface area contributed by atoms with Crippen molar-refractivity contribution in [3.63, 3.8) is 0 Å². The van der Waals surface area contributed by atoms with E-state index in [4.69, 9.17) is 23.2 Å². The maximum absolute atomic E-state index is 5.83. The lowest BCUT2D eigenvalue weighted by Gasteiger charge is -2.03. The van der Waals surface area contributed by atoms with Crippen LogP contribution >= 0.6 is 23.2 Å². The third-order valence-electron chi connectivity index (χ3n) is 1.99. The second-order valence-corrected chi connectivity index (χ2v) is 3.62. The van der Waals surface area contributed by atoms with Gasteiger partial charge in [0, 0.05) is 5.56 Å². The van der Waals surface area contributed by atoms with E-state index in [1.165, 1.54) is 0 Å². The molecule has 2 aromatic rings. The average Bonchev–Trinajstić information content (AvgIpc) is 2.31. The highest BCUT2D eigenvalue weighted by Gasteiger charge is 2.05. The molecule has 76 valence electrons. The molecular weight excluding hydrogens is 231 g/mol. The first kappa shape index (κ1) is 10.4. The normalized spacial score (nSPS) is 10.3. The van der Waals surface area contributed by atoms with Crippen molar-refractivity contribution in [3.8, 4) is 11.3 Å². The Balaban J connectivity index is 2.46. The molecular formula is C11H8Cl2N2. The summed E-state index contributed by atoms with van der Waals surface area (Å²) in [6.45, 7) is 0. The fourth-order valence-corrected chi connectivity index (χ4v) is 1.66. The van der Waals surface area contributed by atoms with Gasteiger partial charge in [-0.25, -0.2) is 9.97 Å². The van der Waals surface area contributed by atoms with Crippen LogP contribution < -0.4 is 0 Å². The lowest BCUT2D eigenvalue weighted by molar-refractivity contribution is 1.10. The van der Waals surface area contributed by atoms with Gasteiger partial charge in [-0.2, -0.15) is 0 Å². The number of aromatic nitrogens is 2. The Morgan fingerprint density at radius 1 is 1.13 bits per heavy atom. The lowest BCUT2D eigenvalue weighted by atomic mass is 10.2. The highest BCUT2D eigenvalue weighted by Crippen LogP contribution is 2.19. The van der Waals surface area contributed by atoms with E-state index < -0.39 is 0 Å². The van der Waals surface area contributed by atoms with Crippen LogP contribution in [0.5, 0.6) is 0 Å². The predicted octanol–water partition coefficient (Wildman–Crippen LogP) is 3.54. The van der Waals surface area contributed by atoms with Crippen molar-refractivity contribution in [3.05, 3.63) is 47.4 Å². The molecule has 15 heavy (non-hydrogen) atoms. The topological polar surface area (TPSA) is 25.8 Å². The molecule has 0 unspecified atom stereocenters. The summed E-state index contributed by atoms with van der Waals surface area (Å²) in [4.78, 5) is 8.38. The zero-order valence-electron chi connectivity index (χ0n) is 7.82. The summed E-state index contributed by atoms with van der Waals surface area (Å²) in [5.41, 5.74) is 2.41. The van der Waals surface area contributed by atoms with E-state index in [-0.39, 0.29) is 5.88 Å². The molecule has 0 radical (unpaired) electrons. The van der Waals surface area contributed by atoms with Crippen molar-refractivity contribution in [2.24, 2.45) is 0 Å². The number of benzene rings is 1. The quantitative estimate of drug-likeness (QED) is 0.749. The summed E-state index contributed by atoms with van der Waals surface area (Å²) in [6, 6.07) is 9.79. The van der Waals surface area contributed by atoms with Crippen molar-refractivity contribution >= 4 is 23.2 Å². The van der Waals surface area contributed by atoms with E-state index in [0.717, 1.165) is 11.3 Å². The molecule has 0 bridgehead atoms. The van der Waals surface area contributed by atoms with E-state index >= 15 is 0 Å². The van der Waals surface area contributed by atoms with Gasteiger partial charge in [0.25, 0.3) is 0 Å². The number of hydrogen-bond donors (Lipinski definition) is 0. The van der Waals surface area contributed by atoms with Crippen LogP contribution in [0.25, 0.3) is 11.3 Å². The van der Waals surface area contributed by atoms with Crippen molar-refractivity contribution in [2.45, 2.75) is 5.88 Å². The molecule has 1 heterocycles. The van der Waals surface area contributed by atoms with Crippen LogP contribution in [0.2, 0.25) is 5.15 Å². The molecule has 2 rings (SSSR count). The van der Waals surface area contributed by atoms with Gasteiger partial charge in [-0.15, -0.1) is 11.6 Å². The van der Waals surface area contributed by atoms with Crippen LogP contribution in [0.15, 0.2) is 36.5 Å². The van der Waals surface area contributed by atoms with Crippen molar-refractivity contribution in [2.75, 3.05) is 0 Å². The van der Waals surface area contributed by atoms with Crippen molar-refractivity contribution in [1.29, 1.82) is 0 Å². The maximum atomic E-state index is 5.83. The van der Waals surface area contributed by atoms with Gasteiger partial charge in [-0.05, 0) is 0 Å². The van der Waals surface area contributed by atoms with Gasteiger partial charge < -0.3 is 0 Å². The first-order valence-corrected chi connectivity index (χ1v) is 5.35. The molecule has 0 aliphatic carbocycles. The Hall–Kier alpha value is -1.12. The summed E-state index contributed by atoms with van der Waals surface area (Å²) >= 11 is 11.5. The Kier molecular flexibility index (Phi) is 3.19. The van der Waals surface area contributed by atoms with Gasteiger partial charge in [0.1, 0.15) is 0 Å². The standard InChI is InChI=1S/C11H8Cl2N2/c12-6-9-11(13)14-7-10(15-9)8-4-2-1-3-5-8/h1-5,7H,6H2. The Morgan fingerprint density at radius 2 is 1.87 bits per heavy atom. The zero-order chi connectivity index (χ0) is 10.7. The minimum Gasteiger partial charge on any atom is -0.247 e. The predicted molar refractivity (Wildman–Crippen MR) is 62.0 cm³/mol. The largest absolute Gasteiger partial charge is 0.247 e. The number of rotatable bonds is 2. The lowest BCUT2D eigenvalue weighted by Crippen LogP contribution is -1.93.